The van der Waals surface area contributed by atoms with Gasteiger partial charge in [-0.25, -0.2) is 0 Å². The number of ether oxygens (including phenoxy) is 1. The SMILES string of the molecule is CCCNC1CCCCCC1C(C)CCOC. The molecule has 1 rings (SSSR count). The Morgan fingerprint density at radius 2 is 2.00 bits per heavy atom. The van der Waals surface area contributed by atoms with E-state index in [0.29, 0.717) is 0 Å². The Labute approximate surface area is 108 Å². The fraction of sp³-hybridized carbons (Fsp3) is 1.00. The van der Waals surface area contributed by atoms with Crippen LogP contribution in [0.25, 0.3) is 0 Å². The summed E-state index contributed by atoms with van der Waals surface area (Å²) in [6, 6.07) is 0.754. The monoisotopic (exact) mass is 241 g/mol. The Morgan fingerprint density at radius 3 is 2.71 bits per heavy atom. The minimum atomic E-state index is 0.754. The Morgan fingerprint density at radius 1 is 1.24 bits per heavy atom. The van der Waals surface area contributed by atoms with E-state index in [2.05, 4.69) is 19.2 Å². The molecule has 0 aromatic rings. The first-order valence-corrected chi connectivity index (χ1v) is 7.52. The summed E-state index contributed by atoms with van der Waals surface area (Å²) in [6.45, 7) is 6.76. The van der Waals surface area contributed by atoms with E-state index in [1.165, 1.54) is 51.5 Å². The van der Waals surface area contributed by atoms with E-state index in [0.717, 1.165) is 24.5 Å². The molecule has 2 heteroatoms. The van der Waals surface area contributed by atoms with Crippen molar-refractivity contribution in [2.24, 2.45) is 11.8 Å². The van der Waals surface area contributed by atoms with Crippen molar-refractivity contribution in [3.05, 3.63) is 0 Å². The first kappa shape index (κ1) is 15.0. The van der Waals surface area contributed by atoms with E-state index in [-0.39, 0.29) is 0 Å². The molecule has 0 spiro atoms. The van der Waals surface area contributed by atoms with Gasteiger partial charge in [-0.05, 0) is 44.1 Å². The first-order chi connectivity index (χ1) is 8.29. The van der Waals surface area contributed by atoms with Gasteiger partial charge in [0, 0.05) is 19.8 Å². The second-order valence-electron chi connectivity index (χ2n) is 5.62. The molecule has 0 amide bonds. The van der Waals surface area contributed by atoms with Gasteiger partial charge < -0.3 is 10.1 Å². The highest BCUT2D eigenvalue weighted by molar-refractivity contribution is 4.82. The van der Waals surface area contributed by atoms with Gasteiger partial charge in [-0.2, -0.15) is 0 Å². The van der Waals surface area contributed by atoms with Crippen molar-refractivity contribution >= 4 is 0 Å². The van der Waals surface area contributed by atoms with Crippen molar-refractivity contribution in [2.45, 2.75) is 64.8 Å². The van der Waals surface area contributed by atoms with E-state index < -0.39 is 0 Å². The van der Waals surface area contributed by atoms with E-state index in [4.69, 9.17) is 4.74 Å². The maximum Gasteiger partial charge on any atom is 0.0464 e. The number of hydrogen-bond donors (Lipinski definition) is 1. The number of hydrogen-bond acceptors (Lipinski definition) is 2. The van der Waals surface area contributed by atoms with Crippen molar-refractivity contribution < 1.29 is 4.74 Å². The first-order valence-electron chi connectivity index (χ1n) is 7.52. The maximum absolute atomic E-state index is 5.23. The van der Waals surface area contributed by atoms with Crippen LogP contribution < -0.4 is 5.32 Å². The summed E-state index contributed by atoms with van der Waals surface area (Å²) >= 11 is 0. The Hall–Kier alpha value is -0.0800. The largest absolute Gasteiger partial charge is 0.385 e. The predicted octanol–water partition coefficient (Wildman–Crippen LogP) is 3.61. The van der Waals surface area contributed by atoms with E-state index >= 15 is 0 Å². The Balaban J connectivity index is 2.47. The standard InChI is InChI=1S/C15H31NO/c1-4-11-16-15-9-7-5-6-8-14(15)13(2)10-12-17-3/h13-16H,4-12H2,1-3H3. The van der Waals surface area contributed by atoms with Crippen molar-refractivity contribution in [1.82, 2.24) is 5.32 Å². The molecule has 102 valence electrons. The van der Waals surface area contributed by atoms with Gasteiger partial charge in [-0.15, -0.1) is 0 Å². The summed E-state index contributed by atoms with van der Waals surface area (Å²) in [5, 5.41) is 3.78. The number of rotatable bonds is 7. The smallest absolute Gasteiger partial charge is 0.0464 e. The lowest BCUT2D eigenvalue weighted by molar-refractivity contribution is 0.150. The Kier molecular flexibility index (Phi) is 7.87. The Bertz CT molecular complexity index is 184. The molecule has 0 radical (unpaired) electrons. The van der Waals surface area contributed by atoms with E-state index in [1.807, 2.05) is 7.11 Å². The third-order valence-corrected chi connectivity index (χ3v) is 4.23. The molecule has 1 saturated carbocycles. The molecule has 0 bridgehead atoms. The van der Waals surface area contributed by atoms with Gasteiger partial charge >= 0.3 is 0 Å². The molecule has 2 nitrogen and oxygen atoms in total. The number of nitrogens with one attached hydrogen (secondary N) is 1. The van der Waals surface area contributed by atoms with Crippen LogP contribution in [0.4, 0.5) is 0 Å². The lowest BCUT2D eigenvalue weighted by Gasteiger charge is -2.31. The van der Waals surface area contributed by atoms with Crippen molar-refractivity contribution in [3.8, 4) is 0 Å². The topological polar surface area (TPSA) is 21.3 Å². The van der Waals surface area contributed by atoms with Crippen molar-refractivity contribution in [1.29, 1.82) is 0 Å². The van der Waals surface area contributed by atoms with Gasteiger partial charge in [0.2, 0.25) is 0 Å². The molecule has 1 N–H and O–H groups in total. The predicted molar refractivity (Wildman–Crippen MR) is 74.3 cm³/mol. The molecule has 3 atom stereocenters. The second-order valence-corrected chi connectivity index (χ2v) is 5.62. The van der Waals surface area contributed by atoms with Crippen LogP contribution in [0.2, 0.25) is 0 Å². The van der Waals surface area contributed by atoms with E-state index in [1.54, 1.807) is 0 Å². The van der Waals surface area contributed by atoms with Crippen molar-refractivity contribution in [2.75, 3.05) is 20.3 Å². The molecule has 17 heavy (non-hydrogen) atoms. The summed E-state index contributed by atoms with van der Waals surface area (Å²) in [4.78, 5) is 0. The zero-order chi connectivity index (χ0) is 12.5. The van der Waals surface area contributed by atoms with Crippen LogP contribution in [-0.4, -0.2) is 26.3 Å². The van der Waals surface area contributed by atoms with Crippen LogP contribution in [0.15, 0.2) is 0 Å². The van der Waals surface area contributed by atoms with Crippen LogP contribution in [0.1, 0.15) is 58.8 Å². The second kappa shape index (κ2) is 8.93. The quantitative estimate of drug-likeness (QED) is 0.688. The highest BCUT2D eigenvalue weighted by Gasteiger charge is 2.27. The lowest BCUT2D eigenvalue weighted by Crippen LogP contribution is -2.39. The summed E-state index contributed by atoms with van der Waals surface area (Å²) < 4.78 is 5.23. The summed E-state index contributed by atoms with van der Waals surface area (Å²) in [6.07, 6.45) is 9.51. The van der Waals surface area contributed by atoms with Gasteiger partial charge in [0.05, 0.1) is 0 Å². The summed E-state index contributed by atoms with van der Waals surface area (Å²) in [5.41, 5.74) is 0. The minimum absolute atomic E-state index is 0.754. The molecular formula is C15H31NO. The van der Waals surface area contributed by atoms with Crippen LogP contribution >= 0.6 is 0 Å². The highest BCUT2D eigenvalue weighted by Crippen LogP contribution is 2.31. The molecule has 0 heterocycles. The fourth-order valence-electron chi connectivity index (χ4n) is 3.12. The molecule has 0 aromatic heterocycles. The normalized spacial score (nSPS) is 27.7. The molecular weight excluding hydrogens is 210 g/mol. The van der Waals surface area contributed by atoms with Gasteiger partial charge in [0.25, 0.3) is 0 Å². The molecule has 1 aliphatic rings. The van der Waals surface area contributed by atoms with Gasteiger partial charge in [-0.3, -0.25) is 0 Å². The summed E-state index contributed by atoms with van der Waals surface area (Å²) in [7, 11) is 1.81. The van der Waals surface area contributed by atoms with Crippen LogP contribution in [0.5, 0.6) is 0 Å². The zero-order valence-electron chi connectivity index (χ0n) is 12.0. The van der Waals surface area contributed by atoms with Crippen LogP contribution in [-0.2, 0) is 4.74 Å². The fourth-order valence-corrected chi connectivity index (χ4v) is 3.12. The zero-order valence-corrected chi connectivity index (χ0v) is 12.0. The van der Waals surface area contributed by atoms with Gasteiger partial charge in [0.1, 0.15) is 0 Å². The average Bonchev–Trinajstić information content (AvgIpc) is 2.58. The van der Waals surface area contributed by atoms with Crippen LogP contribution in [0, 0.1) is 11.8 Å². The average molecular weight is 241 g/mol. The van der Waals surface area contributed by atoms with Gasteiger partial charge in [-0.1, -0.05) is 33.1 Å². The third kappa shape index (κ3) is 5.39. The molecule has 1 fully saturated rings. The van der Waals surface area contributed by atoms with E-state index in [9.17, 15) is 0 Å². The summed E-state index contributed by atoms with van der Waals surface area (Å²) in [5.74, 6) is 1.65. The van der Waals surface area contributed by atoms with Gasteiger partial charge in [0.15, 0.2) is 0 Å². The number of methoxy groups -OCH3 is 1. The third-order valence-electron chi connectivity index (χ3n) is 4.23. The lowest BCUT2D eigenvalue weighted by atomic mass is 9.82. The molecule has 0 aliphatic heterocycles. The molecule has 0 saturated heterocycles. The van der Waals surface area contributed by atoms with Crippen molar-refractivity contribution in [3.63, 3.8) is 0 Å². The highest BCUT2D eigenvalue weighted by atomic mass is 16.5. The molecule has 3 unspecified atom stereocenters. The molecule has 1 aliphatic carbocycles. The minimum Gasteiger partial charge on any atom is -0.385 e. The van der Waals surface area contributed by atoms with Crippen LogP contribution in [0.3, 0.4) is 0 Å². The maximum atomic E-state index is 5.23. The molecule has 0 aromatic carbocycles.